The molecule has 0 N–H and O–H groups in total. The van der Waals surface area contributed by atoms with Gasteiger partial charge in [0.2, 0.25) is 8.32 Å². The molecule has 0 aliphatic carbocycles. The van der Waals surface area contributed by atoms with Crippen LogP contribution < -0.4 is 9.92 Å². The summed E-state index contributed by atoms with van der Waals surface area (Å²) in [7, 11) is -1.97. The molecule has 1 unspecified atom stereocenters. The van der Waals surface area contributed by atoms with Crippen LogP contribution in [0, 0.1) is 6.92 Å². The minimum Gasteiger partial charge on any atom is -0.491 e. The molecule has 2 aromatic carbocycles. The summed E-state index contributed by atoms with van der Waals surface area (Å²) >= 11 is 0. The molecule has 1 atom stereocenters. The Labute approximate surface area is 198 Å². The molecule has 2 nitrogen and oxygen atoms in total. The molecule has 0 aliphatic heterocycles. The highest BCUT2D eigenvalue weighted by Gasteiger charge is 2.29. The van der Waals surface area contributed by atoms with Gasteiger partial charge in [-0.15, -0.1) is 0 Å². The molecular weight excluding hydrogens is 408 g/mol. The molecule has 32 heavy (non-hydrogen) atoms. The zero-order valence-corrected chi connectivity index (χ0v) is 22.1. The fourth-order valence-electron chi connectivity index (χ4n) is 4.18. The molecule has 0 spiro atoms. The molecule has 0 bridgehead atoms. The number of hydrogen-bond acceptors (Lipinski definition) is 2. The van der Waals surface area contributed by atoms with Gasteiger partial charge in [0.05, 0.1) is 6.10 Å². The highest BCUT2D eigenvalue weighted by atomic mass is 28.4. The zero-order chi connectivity index (χ0) is 23.1. The Kier molecular flexibility index (Phi) is 12.7. The van der Waals surface area contributed by atoms with E-state index in [1.807, 2.05) is 0 Å². The normalized spacial score (nSPS) is 12.6. The predicted molar refractivity (Wildman–Crippen MR) is 142 cm³/mol. The van der Waals surface area contributed by atoms with Gasteiger partial charge >= 0.3 is 0 Å². The van der Waals surface area contributed by atoms with Crippen LogP contribution in [0.2, 0.25) is 13.1 Å². The van der Waals surface area contributed by atoms with Crippen molar-refractivity contribution in [3.63, 3.8) is 0 Å². The molecule has 0 saturated heterocycles. The van der Waals surface area contributed by atoms with Crippen molar-refractivity contribution in [3.05, 3.63) is 60.2 Å². The average molecular weight is 455 g/mol. The summed E-state index contributed by atoms with van der Waals surface area (Å²) in [6.07, 6.45) is 14.8. The highest BCUT2D eigenvalue weighted by Crippen LogP contribution is 2.19. The number of unbranched alkanes of at least 4 members (excludes halogenated alkanes) is 9. The third-order valence-electron chi connectivity index (χ3n) is 6.27. The van der Waals surface area contributed by atoms with Crippen molar-refractivity contribution < 1.29 is 9.16 Å². The maximum atomic E-state index is 6.77. The maximum absolute atomic E-state index is 6.77. The molecule has 0 aromatic heterocycles. The first kappa shape index (κ1) is 26.7. The fourth-order valence-corrected chi connectivity index (χ4v) is 6.33. The van der Waals surface area contributed by atoms with E-state index in [-0.39, 0.29) is 6.10 Å². The Bertz CT molecular complexity index is 712. The molecule has 3 heteroatoms. The molecular formula is C29H46O2Si. The minimum atomic E-state index is -1.97. The van der Waals surface area contributed by atoms with Crippen LogP contribution >= 0.6 is 0 Å². The summed E-state index contributed by atoms with van der Waals surface area (Å²) < 4.78 is 12.9. The molecule has 0 amide bonds. The third-order valence-corrected chi connectivity index (χ3v) is 8.91. The van der Waals surface area contributed by atoms with Crippen molar-refractivity contribution in [2.45, 2.75) is 104 Å². The van der Waals surface area contributed by atoms with E-state index in [0.29, 0.717) is 6.61 Å². The first-order valence-corrected chi connectivity index (χ1v) is 15.8. The Morgan fingerprint density at radius 3 is 1.88 bits per heavy atom. The molecule has 0 radical (unpaired) electrons. The van der Waals surface area contributed by atoms with Crippen LogP contribution in [-0.4, -0.2) is 21.0 Å². The first-order chi connectivity index (χ1) is 15.5. The monoisotopic (exact) mass is 454 g/mol. The second-order valence-electron chi connectivity index (χ2n) is 9.71. The summed E-state index contributed by atoms with van der Waals surface area (Å²) in [5, 5.41) is 1.35. The Hall–Kier alpha value is -1.58. The first-order valence-electron chi connectivity index (χ1n) is 12.9. The van der Waals surface area contributed by atoms with E-state index in [9.17, 15) is 0 Å². The van der Waals surface area contributed by atoms with Crippen LogP contribution in [0.5, 0.6) is 5.75 Å². The Morgan fingerprint density at radius 2 is 1.28 bits per heavy atom. The van der Waals surface area contributed by atoms with Crippen LogP contribution in [0.1, 0.15) is 83.1 Å². The summed E-state index contributed by atoms with van der Waals surface area (Å²) in [6.45, 7) is 9.63. The van der Waals surface area contributed by atoms with Crippen molar-refractivity contribution in [1.82, 2.24) is 0 Å². The quantitative estimate of drug-likeness (QED) is 0.177. The van der Waals surface area contributed by atoms with Gasteiger partial charge < -0.3 is 9.16 Å². The van der Waals surface area contributed by atoms with Gasteiger partial charge in [0, 0.05) is 0 Å². The predicted octanol–water partition coefficient (Wildman–Crippen LogP) is 8.18. The second kappa shape index (κ2) is 15.3. The number of aryl methyl sites for hydroxylation is 1. The minimum absolute atomic E-state index is 0.146. The van der Waals surface area contributed by atoms with E-state index in [4.69, 9.17) is 9.16 Å². The smallest absolute Gasteiger partial charge is 0.218 e. The lowest BCUT2D eigenvalue weighted by Crippen LogP contribution is -2.48. The summed E-state index contributed by atoms with van der Waals surface area (Å²) in [6, 6.07) is 19.1. The third kappa shape index (κ3) is 10.8. The van der Waals surface area contributed by atoms with E-state index in [0.717, 1.165) is 12.2 Å². The molecule has 0 fully saturated rings. The summed E-state index contributed by atoms with van der Waals surface area (Å²) in [5.74, 6) is 0.937. The number of hydrogen-bond donors (Lipinski definition) is 0. The van der Waals surface area contributed by atoms with Gasteiger partial charge in [-0.3, -0.25) is 0 Å². The average Bonchev–Trinajstić information content (AvgIpc) is 2.80. The molecule has 0 saturated carbocycles. The number of ether oxygens (including phenoxy) is 1. The molecule has 0 aliphatic rings. The molecule has 178 valence electrons. The van der Waals surface area contributed by atoms with Gasteiger partial charge in [-0.25, -0.2) is 0 Å². The van der Waals surface area contributed by atoms with E-state index in [2.05, 4.69) is 81.5 Å². The molecule has 2 aromatic rings. The van der Waals surface area contributed by atoms with E-state index < -0.39 is 8.32 Å². The van der Waals surface area contributed by atoms with Gasteiger partial charge in [-0.05, 0) is 43.8 Å². The van der Waals surface area contributed by atoms with Crippen molar-refractivity contribution in [1.29, 1.82) is 0 Å². The van der Waals surface area contributed by atoms with E-state index in [1.54, 1.807) is 0 Å². The molecule has 0 heterocycles. The van der Waals surface area contributed by atoms with Crippen molar-refractivity contribution in [2.24, 2.45) is 0 Å². The molecule has 2 rings (SSSR count). The van der Waals surface area contributed by atoms with Gasteiger partial charge in [0.15, 0.2) is 0 Å². The number of benzene rings is 2. The summed E-state index contributed by atoms with van der Waals surface area (Å²) in [5.41, 5.74) is 1.26. The lowest BCUT2D eigenvalue weighted by Gasteiger charge is -2.30. The second-order valence-corrected chi connectivity index (χ2v) is 13.5. The van der Waals surface area contributed by atoms with Gasteiger partial charge in [0.1, 0.15) is 12.4 Å². The Balaban J connectivity index is 1.79. The van der Waals surface area contributed by atoms with Crippen LogP contribution in [0.3, 0.4) is 0 Å². The van der Waals surface area contributed by atoms with E-state index >= 15 is 0 Å². The zero-order valence-electron chi connectivity index (χ0n) is 21.1. The van der Waals surface area contributed by atoms with Crippen LogP contribution in [0.15, 0.2) is 54.6 Å². The largest absolute Gasteiger partial charge is 0.491 e. The van der Waals surface area contributed by atoms with Crippen molar-refractivity contribution >= 4 is 13.5 Å². The summed E-state index contributed by atoms with van der Waals surface area (Å²) in [4.78, 5) is 0. The van der Waals surface area contributed by atoms with Crippen molar-refractivity contribution in [3.8, 4) is 5.75 Å². The highest BCUT2D eigenvalue weighted by molar-refractivity contribution is 6.84. The van der Waals surface area contributed by atoms with Gasteiger partial charge in [-0.1, -0.05) is 119 Å². The topological polar surface area (TPSA) is 18.5 Å². The van der Waals surface area contributed by atoms with Gasteiger partial charge in [0.25, 0.3) is 0 Å². The van der Waals surface area contributed by atoms with Crippen LogP contribution in [0.4, 0.5) is 0 Å². The Morgan fingerprint density at radius 1 is 0.719 bits per heavy atom. The van der Waals surface area contributed by atoms with Crippen LogP contribution in [-0.2, 0) is 4.43 Å². The van der Waals surface area contributed by atoms with Crippen molar-refractivity contribution in [2.75, 3.05) is 6.61 Å². The lowest BCUT2D eigenvalue weighted by molar-refractivity contribution is 0.114. The van der Waals surface area contributed by atoms with E-state index in [1.165, 1.54) is 75.0 Å². The lowest BCUT2D eigenvalue weighted by atomic mass is 10.0. The SMILES string of the molecule is CCCCCCCCCCCCC(COc1ccc(C)cc1)O[Si](C)(C)c1ccccc1. The maximum Gasteiger partial charge on any atom is 0.218 e. The standard InChI is InChI=1S/C29H46O2Si/c1-5-6-7-8-9-10-11-12-13-15-18-28(25-30-27-23-21-26(2)22-24-27)31-32(3,4)29-19-16-14-17-20-29/h14,16-17,19-24,28H,5-13,15,18,25H2,1-4H3. The van der Waals surface area contributed by atoms with Gasteiger partial charge in [-0.2, -0.15) is 0 Å². The fraction of sp³-hybridized carbons (Fsp3) is 0.586. The van der Waals surface area contributed by atoms with Crippen LogP contribution in [0.25, 0.3) is 0 Å². The number of rotatable bonds is 17.